The smallest absolute Gasteiger partial charge is 0.227 e. The zero-order valence-corrected chi connectivity index (χ0v) is 10.1. The maximum Gasteiger partial charge on any atom is 0.227 e. The molecule has 0 spiro atoms. The van der Waals surface area contributed by atoms with Crippen LogP contribution in [0.15, 0.2) is 16.6 Å². The van der Waals surface area contributed by atoms with E-state index in [0.717, 1.165) is 17.3 Å². The summed E-state index contributed by atoms with van der Waals surface area (Å²) in [7, 11) is 0. The fourth-order valence-electron chi connectivity index (χ4n) is 1.24. The molecule has 1 aliphatic carbocycles. The zero-order chi connectivity index (χ0) is 11.0. The quantitative estimate of drug-likeness (QED) is 0.822. The molecule has 2 rings (SSSR count). The van der Waals surface area contributed by atoms with Gasteiger partial charge in [-0.3, -0.25) is 4.79 Å². The van der Waals surface area contributed by atoms with Crippen molar-refractivity contribution in [3.63, 3.8) is 0 Å². The summed E-state index contributed by atoms with van der Waals surface area (Å²) < 4.78 is 0.719. The fraction of sp³-hybridized carbons (Fsp3) is 0.300. The number of anilines is 1. The topological polar surface area (TPSA) is 49.3 Å². The molecule has 0 saturated heterocycles. The third-order valence-corrected chi connectivity index (χ3v) is 2.98. The number of benzene rings is 1. The summed E-state index contributed by atoms with van der Waals surface area (Å²) in [6.07, 6.45) is 1.85. The highest BCUT2D eigenvalue weighted by molar-refractivity contribution is 9.10. The van der Waals surface area contributed by atoms with Crippen molar-refractivity contribution in [2.24, 2.45) is 5.92 Å². The van der Waals surface area contributed by atoms with Crippen LogP contribution in [0, 0.1) is 5.92 Å². The third kappa shape index (κ3) is 2.44. The van der Waals surface area contributed by atoms with Crippen LogP contribution in [0.1, 0.15) is 12.8 Å². The lowest BCUT2D eigenvalue weighted by molar-refractivity contribution is -0.117. The van der Waals surface area contributed by atoms with Crippen molar-refractivity contribution in [1.29, 1.82) is 0 Å². The van der Waals surface area contributed by atoms with Crippen molar-refractivity contribution in [2.45, 2.75) is 12.8 Å². The molecule has 3 nitrogen and oxygen atoms in total. The van der Waals surface area contributed by atoms with Crippen LogP contribution in [0.2, 0.25) is 5.02 Å². The van der Waals surface area contributed by atoms with E-state index < -0.39 is 0 Å². The van der Waals surface area contributed by atoms with Gasteiger partial charge in [-0.1, -0.05) is 27.5 Å². The molecule has 0 bridgehead atoms. The van der Waals surface area contributed by atoms with E-state index in [9.17, 15) is 9.90 Å². The number of amides is 1. The number of nitrogens with one attached hydrogen (secondary N) is 1. The van der Waals surface area contributed by atoms with Gasteiger partial charge in [0.25, 0.3) is 0 Å². The molecule has 5 heteroatoms. The van der Waals surface area contributed by atoms with Gasteiger partial charge in [0.05, 0.1) is 10.7 Å². The SMILES string of the molecule is O=C(Nc1cc(Br)cc(Cl)c1O)C1CC1. The van der Waals surface area contributed by atoms with Gasteiger partial charge in [0, 0.05) is 10.4 Å². The predicted octanol–water partition coefficient (Wildman–Crippen LogP) is 3.16. The van der Waals surface area contributed by atoms with E-state index in [4.69, 9.17) is 11.6 Å². The summed E-state index contributed by atoms with van der Waals surface area (Å²) in [5, 5.41) is 12.5. The fourth-order valence-corrected chi connectivity index (χ4v) is 2.05. The lowest BCUT2D eigenvalue weighted by Crippen LogP contribution is -2.13. The van der Waals surface area contributed by atoms with Crippen LogP contribution < -0.4 is 5.32 Å². The maximum absolute atomic E-state index is 11.5. The predicted molar refractivity (Wildman–Crippen MR) is 62.2 cm³/mol. The average molecular weight is 291 g/mol. The molecular weight excluding hydrogens is 281 g/mol. The lowest BCUT2D eigenvalue weighted by atomic mass is 10.2. The number of phenolic OH excluding ortho intramolecular Hbond substituents is 1. The van der Waals surface area contributed by atoms with Gasteiger partial charge in [-0.15, -0.1) is 0 Å². The second kappa shape index (κ2) is 4.02. The molecule has 1 saturated carbocycles. The third-order valence-electron chi connectivity index (χ3n) is 2.23. The second-order valence-electron chi connectivity index (χ2n) is 3.55. The molecule has 15 heavy (non-hydrogen) atoms. The first kappa shape index (κ1) is 10.8. The van der Waals surface area contributed by atoms with E-state index in [0.29, 0.717) is 5.69 Å². The molecule has 1 aromatic carbocycles. The number of rotatable bonds is 2. The maximum atomic E-state index is 11.5. The van der Waals surface area contributed by atoms with Crippen LogP contribution in [0.4, 0.5) is 5.69 Å². The molecule has 0 atom stereocenters. The summed E-state index contributed by atoms with van der Waals surface area (Å²) in [4.78, 5) is 11.5. The Hall–Kier alpha value is -0.740. The summed E-state index contributed by atoms with van der Waals surface area (Å²) in [5.74, 6) is -0.0458. The lowest BCUT2D eigenvalue weighted by Gasteiger charge is -2.08. The Kier molecular flexibility index (Phi) is 2.89. The number of carbonyl (C=O) groups is 1. The largest absolute Gasteiger partial charge is 0.504 e. The van der Waals surface area contributed by atoms with E-state index in [1.54, 1.807) is 12.1 Å². The van der Waals surface area contributed by atoms with E-state index in [1.165, 1.54) is 0 Å². The molecular formula is C10H9BrClNO2. The first-order valence-corrected chi connectivity index (χ1v) is 5.74. The number of aromatic hydroxyl groups is 1. The van der Waals surface area contributed by atoms with Gasteiger partial charge < -0.3 is 10.4 Å². The first-order valence-electron chi connectivity index (χ1n) is 4.57. The summed E-state index contributed by atoms with van der Waals surface area (Å²) in [6.45, 7) is 0. The Labute approximate surface area is 101 Å². The van der Waals surface area contributed by atoms with Crippen molar-refractivity contribution < 1.29 is 9.90 Å². The minimum absolute atomic E-state index is 0.0560. The van der Waals surface area contributed by atoms with Gasteiger partial charge in [-0.05, 0) is 25.0 Å². The standard InChI is InChI=1S/C10H9BrClNO2/c11-6-3-7(12)9(14)8(4-6)13-10(15)5-1-2-5/h3-5,14H,1-2H2,(H,13,15). The molecule has 1 aromatic rings. The van der Waals surface area contributed by atoms with Crippen molar-refractivity contribution in [3.05, 3.63) is 21.6 Å². The van der Waals surface area contributed by atoms with E-state index in [1.807, 2.05) is 0 Å². The normalized spacial score (nSPS) is 15.1. The van der Waals surface area contributed by atoms with Crippen LogP contribution >= 0.6 is 27.5 Å². The van der Waals surface area contributed by atoms with Gasteiger partial charge in [-0.2, -0.15) is 0 Å². The number of halogens is 2. The Morgan fingerprint density at radius 3 is 2.80 bits per heavy atom. The molecule has 0 unspecified atom stereocenters. The van der Waals surface area contributed by atoms with Gasteiger partial charge in [0.2, 0.25) is 5.91 Å². The number of hydrogen-bond donors (Lipinski definition) is 2. The monoisotopic (exact) mass is 289 g/mol. The van der Waals surface area contributed by atoms with Crippen LogP contribution in [-0.2, 0) is 4.79 Å². The van der Waals surface area contributed by atoms with E-state index in [-0.39, 0.29) is 22.6 Å². The molecule has 80 valence electrons. The minimum Gasteiger partial charge on any atom is -0.504 e. The number of phenols is 1. The molecule has 1 aliphatic rings. The minimum atomic E-state index is -0.0890. The summed E-state index contributed by atoms with van der Waals surface area (Å²) in [6, 6.07) is 3.20. The number of carbonyl (C=O) groups excluding carboxylic acids is 1. The average Bonchev–Trinajstić information content (AvgIpc) is 2.96. The first-order chi connectivity index (χ1) is 7.08. The molecule has 0 radical (unpaired) electrons. The van der Waals surface area contributed by atoms with Gasteiger partial charge in [0.1, 0.15) is 0 Å². The second-order valence-corrected chi connectivity index (χ2v) is 4.87. The van der Waals surface area contributed by atoms with E-state index >= 15 is 0 Å². The molecule has 2 N–H and O–H groups in total. The highest BCUT2D eigenvalue weighted by Crippen LogP contribution is 2.37. The molecule has 0 heterocycles. The summed E-state index contributed by atoms with van der Waals surface area (Å²) >= 11 is 9.01. The van der Waals surface area contributed by atoms with Crippen LogP contribution in [0.3, 0.4) is 0 Å². The van der Waals surface area contributed by atoms with Crippen LogP contribution in [0.25, 0.3) is 0 Å². The van der Waals surface area contributed by atoms with Crippen molar-refractivity contribution in [1.82, 2.24) is 0 Å². The summed E-state index contributed by atoms with van der Waals surface area (Å²) in [5.41, 5.74) is 0.353. The number of hydrogen-bond acceptors (Lipinski definition) is 2. The highest BCUT2D eigenvalue weighted by Gasteiger charge is 2.30. The Bertz CT molecular complexity index is 418. The Balaban J connectivity index is 2.22. The van der Waals surface area contributed by atoms with Crippen molar-refractivity contribution in [2.75, 3.05) is 5.32 Å². The Morgan fingerprint density at radius 1 is 1.53 bits per heavy atom. The highest BCUT2D eigenvalue weighted by atomic mass is 79.9. The molecule has 0 aliphatic heterocycles. The van der Waals surface area contributed by atoms with Crippen LogP contribution in [0.5, 0.6) is 5.75 Å². The van der Waals surface area contributed by atoms with Crippen molar-refractivity contribution >= 4 is 39.1 Å². The van der Waals surface area contributed by atoms with Crippen molar-refractivity contribution in [3.8, 4) is 5.75 Å². The Morgan fingerprint density at radius 2 is 2.20 bits per heavy atom. The molecule has 1 amide bonds. The van der Waals surface area contributed by atoms with Gasteiger partial charge in [0.15, 0.2) is 5.75 Å². The van der Waals surface area contributed by atoms with Crippen LogP contribution in [-0.4, -0.2) is 11.0 Å². The van der Waals surface area contributed by atoms with Gasteiger partial charge in [-0.25, -0.2) is 0 Å². The van der Waals surface area contributed by atoms with Gasteiger partial charge >= 0.3 is 0 Å². The van der Waals surface area contributed by atoms with E-state index in [2.05, 4.69) is 21.2 Å². The molecule has 0 aromatic heterocycles. The molecule has 1 fully saturated rings. The zero-order valence-electron chi connectivity index (χ0n) is 7.76.